The predicted molar refractivity (Wildman–Crippen MR) is 99.1 cm³/mol. The van der Waals surface area contributed by atoms with E-state index in [1.165, 1.54) is 16.2 Å². The molecule has 8 heteroatoms. The van der Waals surface area contributed by atoms with Gasteiger partial charge in [0.05, 0.1) is 16.1 Å². The van der Waals surface area contributed by atoms with Crippen molar-refractivity contribution >= 4 is 34.8 Å². The van der Waals surface area contributed by atoms with Crippen LogP contribution in [0.25, 0.3) is 0 Å². The van der Waals surface area contributed by atoms with E-state index in [0.29, 0.717) is 35.5 Å². The van der Waals surface area contributed by atoms with E-state index in [4.69, 9.17) is 10.00 Å². The zero-order chi connectivity index (χ0) is 19.2. The number of benzene rings is 1. The van der Waals surface area contributed by atoms with Crippen molar-refractivity contribution in [2.24, 2.45) is 0 Å². The topological polar surface area (TPSA) is 99.5 Å². The quantitative estimate of drug-likeness (QED) is 0.799. The number of ether oxygens (including phenoxy) is 1. The standard InChI is InChI=1S/C19H17N3O4S/c20-11-13-5-1-2-6-14(13)21-17(23)12-26-19(25)15-7-3-9-22(15)18(24)16-8-4-10-27-16/h1-2,4-6,8,10,15H,3,7,9,12H2,(H,21,23). The fourth-order valence-corrected chi connectivity index (χ4v) is 3.58. The number of nitrogens with zero attached hydrogens (tertiary/aromatic N) is 2. The number of carbonyl (C=O) groups excluding carboxylic acids is 3. The molecule has 1 aromatic heterocycles. The monoisotopic (exact) mass is 383 g/mol. The summed E-state index contributed by atoms with van der Waals surface area (Å²) in [6.45, 7) is 0.00830. The van der Waals surface area contributed by atoms with E-state index in [1.54, 1.807) is 41.8 Å². The van der Waals surface area contributed by atoms with Crippen LogP contribution < -0.4 is 5.32 Å². The summed E-state index contributed by atoms with van der Waals surface area (Å²) >= 11 is 1.32. The van der Waals surface area contributed by atoms with E-state index in [1.807, 2.05) is 6.07 Å². The van der Waals surface area contributed by atoms with Gasteiger partial charge in [0.25, 0.3) is 11.8 Å². The first-order valence-electron chi connectivity index (χ1n) is 8.40. The van der Waals surface area contributed by atoms with E-state index in [2.05, 4.69) is 5.32 Å². The molecule has 2 amide bonds. The van der Waals surface area contributed by atoms with Crippen LogP contribution in [0.3, 0.4) is 0 Å². The molecule has 3 rings (SSSR count). The summed E-state index contributed by atoms with van der Waals surface area (Å²) in [5.74, 6) is -1.34. The Balaban J connectivity index is 1.56. The van der Waals surface area contributed by atoms with Gasteiger partial charge in [0.2, 0.25) is 0 Å². The van der Waals surface area contributed by atoms with Crippen molar-refractivity contribution in [2.45, 2.75) is 18.9 Å². The van der Waals surface area contributed by atoms with Crippen LogP contribution in [0.2, 0.25) is 0 Å². The first-order valence-corrected chi connectivity index (χ1v) is 9.28. The number of amides is 2. The van der Waals surface area contributed by atoms with Crippen molar-refractivity contribution in [3.8, 4) is 6.07 Å². The second-order valence-electron chi connectivity index (χ2n) is 5.95. The van der Waals surface area contributed by atoms with Gasteiger partial charge in [-0.25, -0.2) is 4.79 Å². The first-order chi connectivity index (χ1) is 13.1. The molecule has 138 valence electrons. The van der Waals surface area contributed by atoms with Crippen LogP contribution in [-0.2, 0) is 14.3 Å². The number of carbonyl (C=O) groups is 3. The Morgan fingerprint density at radius 2 is 2.07 bits per heavy atom. The maximum absolute atomic E-state index is 12.5. The van der Waals surface area contributed by atoms with Crippen molar-refractivity contribution in [1.82, 2.24) is 4.90 Å². The Hall–Kier alpha value is -3.18. The van der Waals surface area contributed by atoms with E-state index in [9.17, 15) is 14.4 Å². The Morgan fingerprint density at radius 1 is 1.26 bits per heavy atom. The molecule has 0 spiro atoms. The molecule has 0 saturated carbocycles. The number of rotatable bonds is 5. The molecule has 7 nitrogen and oxygen atoms in total. The summed E-state index contributed by atoms with van der Waals surface area (Å²) in [5, 5.41) is 13.4. The minimum absolute atomic E-state index is 0.197. The van der Waals surface area contributed by atoms with E-state index in [-0.39, 0.29) is 5.91 Å². The van der Waals surface area contributed by atoms with Gasteiger partial charge < -0.3 is 15.0 Å². The largest absolute Gasteiger partial charge is 0.454 e. The normalized spacial score (nSPS) is 15.8. The van der Waals surface area contributed by atoms with Gasteiger partial charge in [0.1, 0.15) is 12.1 Å². The number of esters is 1. The molecule has 27 heavy (non-hydrogen) atoms. The summed E-state index contributed by atoms with van der Waals surface area (Å²) in [6.07, 6.45) is 1.22. The molecule has 1 aromatic carbocycles. The Bertz CT molecular complexity index is 889. The summed E-state index contributed by atoms with van der Waals surface area (Å²) in [5.41, 5.74) is 0.678. The molecule has 2 heterocycles. The number of thiophene rings is 1. The number of hydrogen-bond acceptors (Lipinski definition) is 6. The van der Waals surface area contributed by atoms with Crippen LogP contribution in [0.5, 0.6) is 0 Å². The van der Waals surface area contributed by atoms with Crippen LogP contribution in [0.4, 0.5) is 5.69 Å². The molecular formula is C19H17N3O4S. The Kier molecular flexibility index (Phi) is 5.84. The van der Waals surface area contributed by atoms with Gasteiger partial charge in [-0.2, -0.15) is 5.26 Å². The molecule has 1 aliphatic heterocycles. The van der Waals surface area contributed by atoms with Gasteiger partial charge in [-0.15, -0.1) is 11.3 Å². The molecule has 1 saturated heterocycles. The zero-order valence-electron chi connectivity index (χ0n) is 14.4. The summed E-state index contributed by atoms with van der Waals surface area (Å²) in [7, 11) is 0. The second-order valence-corrected chi connectivity index (χ2v) is 6.89. The van der Waals surface area contributed by atoms with Gasteiger partial charge in [-0.1, -0.05) is 18.2 Å². The van der Waals surface area contributed by atoms with E-state index >= 15 is 0 Å². The SMILES string of the molecule is N#Cc1ccccc1NC(=O)COC(=O)C1CCCN1C(=O)c1cccs1. The van der Waals surface area contributed by atoms with Crippen LogP contribution in [0.15, 0.2) is 41.8 Å². The molecule has 1 N–H and O–H groups in total. The summed E-state index contributed by atoms with van der Waals surface area (Å²) < 4.78 is 5.11. The van der Waals surface area contributed by atoms with Crippen molar-refractivity contribution in [2.75, 3.05) is 18.5 Å². The van der Waals surface area contributed by atoms with E-state index < -0.39 is 24.5 Å². The third-order valence-corrected chi connectivity index (χ3v) is 5.04. The lowest BCUT2D eigenvalue weighted by Gasteiger charge is -2.22. The first kappa shape index (κ1) is 18.6. The third kappa shape index (κ3) is 4.33. The molecule has 0 radical (unpaired) electrons. The minimum Gasteiger partial charge on any atom is -0.454 e. The maximum atomic E-state index is 12.5. The molecule has 2 aromatic rings. The van der Waals surface area contributed by atoms with Gasteiger partial charge >= 0.3 is 5.97 Å². The number of hydrogen-bond donors (Lipinski definition) is 1. The average Bonchev–Trinajstić information content (AvgIpc) is 3.38. The highest BCUT2D eigenvalue weighted by atomic mass is 32.1. The smallest absolute Gasteiger partial charge is 0.329 e. The molecule has 1 aliphatic rings. The third-order valence-electron chi connectivity index (χ3n) is 4.18. The molecule has 1 unspecified atom stereocenters. The van der Waals surface area contributed by atoms with Crippen molar-refractivity contribution in [3.63, 3.8) is 0 Å². The molecule has 0 aliphatic carbocycles. The lowest BCUT2D eigenvalue weighted by molar-refractivity contribution is -0.151. The van der Waals surface area contributed by atoms with Crippen LogP contribution in [0.1, 0.15) is 28.1 Å². The average molecular weight is 383 g/mol. The molecule has 0 bridgehead atoms. The maximum Gasteiger partial charge on any atom is 0.329 e. The highest BCUT2D eigenvalue weighted by molar-refractivity contribution is 7.12. The van der Waals surface area contributed by atoms with Gasteiger partial charge in [-0.3, -0.25) is 9.59 Å². The Labute approximate surface area is 160 Å². The summed E-state index contributed by atoms with van der Waals surface area (Å²) in [6, 6.07) is 11.3. The molecule has 1 fully saturated rings. The number of nitriles is 1. The van der Waals surface area contributed by atoms with Crippen molar-refractivity contribution < 1.29 is 19.1 Å². The number of anilines is 1. The fourth-order valence-electron chi connectivity index (χ4n) is 2.91. The van der Waals surface area contributed by atoms with Crippen LogP contribution in [0, 0.1) is 11.3 Å². The van der Waals surface area contributed by atoms with Gasteiger partial charge in [0, 0.05) is 6.54 Å². The van der Waals surface area contributed by atoms with Crippen LogP contribution >= 0.6 is 11.3 Å². The van der Waals surface area contributed by atoms with Crippen molar-refractivity contribution in [1.29, 1.82) is 5.26 Å². The number of nitrogens with one attached hydrogen (secondary N) is 1. The molecular weight excluding hydrogens is 366 g/mol. The Morgan fingerprint density at radius 3 is 2.81 bits per heavy atom. The van der Waals surface area contributed by atoms with Crippen molar-refractivity contribution in [3.05, 3.63) is 52.2 Å². The van der Waals surface area contributed by atoms with E-state index in [0.717, 1.165) is 0 Å². The lowest BCUT2D eigenvalue weighted by Crippen LogP contribution is -2.41. The fraction of sp³-hybridized carbons (Fsp3) is 0.263. The number of para-hydroxylation sites is 1. The van der Waals surface area contributed by atoms with Gasteiger partial charge in [-0.05, 0) is 36.4 Å². The minimum atomic E-state index is -0.682. The lowest BCUT2D eigenvalue weighted by atomic mass is 10.2. The summed E-state index contributed by atoms with van der Waals surface area (Å²) in [4.78, 5) is 38.9. The number of likely N-dealkylation sites (tertiary alicyclic amines) is 1. The van der Waals surface area contributed by atoms with Crippen LogP contribution in [-0.4, -0.2) is 41.9 Å². The van der Waals surface area contributed by atoms with Gasteiger partial charge in [0.15, 0.2) is 6.61 Å². The zero-order valence-corrected chi connectivity index (χ0v) is 15.2. The predicted octanol–water partition coefficient (Wildman–Crippen LogP) is 2.41. The highest BCUT2D eigenvalue weighted by Crippen LogP contribution is 2.23. The second kappa shape index (κ2) is 8.47. The molecule has 1 atom stereocenters. The highest BCUT2D eigenvalue weighted by Gasteiger charge is 2.36.